The second-order valence-corrected chi connectivity index (χ2v) is 4.69. The number of benzene rings is 1. The molecular formula is C15H18N4O2. The zero-order chi connectivity index (χ0) is 15.2. The number of H-pyrrole nitrogens is 1. The van der Waals surface area contributed by atoms with Crippen molar-refractivity contribution in [1.82, 2.24) is 10.2 Å². The SMILES string of the molecule is Cc1ccccc1N(CCCN)C(=O)c1ccc(=O)[nH]n1. The minimum atomic E-state index is -0.337. The molecule has 0 radical (unpaired) electrons. The zero-order valence-electron chi connectivity index (χ0n) is 11.9. The number of hydrogen-bond donors (Lipinski definition) is 2. The maximum Gasteiger partial charge on any atom is 0.278 e. The summed E-state index contributed by atoms with van der Waals surface area (Å²) >= 11 is 0. The van der Waals surface area contributed by atoms with Gasteiger partial charge in [0.25, 0.3) is 11.5 Å². The number of rotatable bonds is 5. The van der Waals surface area contributed by atoms with Gasteiger partial charge in [0.2, 0.25) is 0 Å². The Hall–Kier alpha value is -2.47. The van der Waals surface area contributed by atoms with Crippen molar-refractivity contribution in [3.8, 4) is 0 Å². The molecule has 2 aromatic rings. The topological polar surface area (TPSA) is 92.1 Å². The maximum atomic E-state index is 12.6. The normalized spacial score (nSPS) is 10.4. The molecule has 0 saturated heterocycles. The van der Waals surface area contributed by atoms with E-state index in [0.717, 1.165) is 11.3 Å². The van der Waals surface area contributed by atoms with Crippen molar-refractivity contribution in [2.45, 2.75) is 13.3 Å². The molecule has 2 rings (SSSR count). The summed E-state index contributed by atoms with van der Waals surface area (Å²) in [7, 11) is 0. The largest absolute Gasteiger partial charge is 0.330 e. The Morgan fingerprint density at radius 2 is 2.05 bits per heavy atom. The van der Waals surface area contributed by atoms with Gasteiger partial charge < -0.3 is 10.6 Å². The van der Waals surface area contributed by atoms with Crippen LogP contribution >= 0.6 is 0 Å². The Bertz CT molecular complexity index is 661. The van der Waals surface area contributed by atoms with Crippen molar-refractivity contribution < 1.29 is 4.79 Å². The lowest BCUT2D eigenvalue weighted by Crippen LogP contribution is -2.34. The molecule has 0 fully saturated rings. The fourth-order valence-electron chi connectivity index (χ4n) is 2.05. The molecule has 6 nitrogen and oxygen atoms in total. The summed E-state index contributed by atoms with van der Waals surface area (Å²) in [5.41, 5.74) is 7.23. The number of aryl methyl sites for hydroxylation is 1. The predicted octanol–water partition coefficient (Wildman–Crippen LogP) is 1.07. The van der Waals surface area contributed by atoms with E-state index in [0.29, 0.717) is 19.5 Å². The second-order valence-electron chi connectivity index (χ2n) is 4.69. The maximum absolute atomic E-state index is 12.6. The highest BCUT2D eigenvalue weighted by Gasteiger charge is 2.19. The number of aromatic nitrogens is 2. The Labute approximate surface area is 122 Å². The third kappa shape index (κ3) is 3.55. The second kappa shape index (κ2) is 6.81. The van der Waals surface area contributed by atoms with Crippen LogP contribution in [0.1, 0.15) is 22.5 Å². The van der Waals surface area contributed by atoms with E-state index < -0.39 is 0 Å². The van der Waals surface area contributed by atoms with E-state index in [1.807, 2.05) is 31.2 Å². The average Bonchev–Trinajstić information content (AvgIpc) is 2.50. The molecule has 1 aromatic carbocycles. The number of anilines is 1. The first-order valence-electron chi connectivity index (χ1n) is 6.77. The van der Waals surface area contributed by atoms with Crippen LogP contribution in [-0.2, 0) is 0 Å². The molecule has 0 unspecified atom stereocenters. The molecule has 21 heavy (non-hydrogen) atoms. The van der Waals surface area contributed by atoms with Crippen LogP contribution in [0.5, 0.6) is 0 Å². The molecule has 1 aromatic heterocycles. The van der Waals surface area contributed by atoms with Gasteiger partial charge >= 0.3 is 0 Å². The number of aromatic amines is 1. The Kier molecular flexibility index (Phi) is 4.84. The molecule has 0 aliphatic carbocycles. The van der Waals surface area contributed by atoms with Crippen LogP contribution in [0.2, 0.25) is 0 Å². The quantitative estimate of drug-likeness (QED) is 0.860. The summed E-state index contributed by atoms with van der Waals surface area (Å²) in [6.07, 6.45) is 0.684. The number of para-hydroxylation sites is 1. The molecule has 0 saturated carbocycles. The fourth-order valence-corrected chi connectivity index (χ4v) is 2.05. The van der Waals surface area contributed by atoms with Gasteiger partial charge in [-0.05, 0) is 37.6 Å². The van der Waals surface area contributed by atoms with E-state index in [4.69, 9.17) is 5.73 Å². The molecule has 1 amide bonds. The van der Waals surface area contributed by atoms with Crippen LogP contribution in [0.15, 0.2) is 41.2 Å². The van der Waals surface area contributed by atoms with Crippen molar-refractivity contribution in [3.05, 3.63) is 58.0 Å². The van der Waals surface area contributed by atoms with Gasteiger partial charge in [0.1, 0.15) is 5.69 Å². The first-order chi connectivity index (χ1) is 10.1. The number of carbonyl (C=O) groups excluding carboxylic acids is 1. The van der Waals surface area contributed by atoms with Crippen molar-refractivity contribution >= 4 is 11.6 Å². The van der Waals surface area contributed by atoms with E-state index in [1.54, 1.807) is 4.90 Å². The molecule has 0 bridgehead atoms. The molecule has 110 valence electrons. The highest BCUT2D eigenvalue weighted by molar-refractivity contribution is 6.05. The monoisotopic (exact) mass is 286 g/mol. The molecule has 3 N–H and O–H groups in total. The number of nitrogens with zero attached hydrogens (tertiary/aromatic N) is 2. The molecule has 0 spiro atoms. The van der Waals surface area contributed by atoms with Gasteiger partial charge in [0.05, 0.1) is 0 Å². The van der Waals surface area contributed by atoms with Crippen LogP contribution in [0.25, 0.3) is 0 Å². The van der Waals surface area contributed by atoms with Crippen molar-refractivity contribution in [2.75, 3.05) is 18.0 Å². The Morgan fingerprint density at radius 1 is 1.29 bits per heavy atom. The molecule has 0 atom stereocenters. The molecule has 0 aliphatic rings. The molecule has 6 heteroatoms. The minimum absolute atomic E-state index is 0.204. The summed E-state index contributed by atoms with van der Waals surface area (Å²) < 4.78 is 0. The van der Waals surface area contributed by atoms with Gasteiger partial charge in [0.15, 0.2) is 0 Å². The predicted molar refractivity (Wildman–Crippen MR) is 81.4 cm³/mol. The van der Waals surface area contributed by atoms with E-state index in [2.05, 4.69) is 10.2 Å². The van der Waals surface area contributed by atoms with Gasteiger partial charge in [0, 0.05) is 18.3 Å². The van der Waals surface area contributed by atoms with Gasteiger partial charge in [-0.25, -0.2) is 5.10 Å². The third-order valence-corrected chi connectivity index (χ3v) is 3.14. The number of nitrogens with one attached hydrogen (secondary N) is 1. The van der Waals surface area contributed by atoms with Crippen LogP contribution < -0.4 is 16.2 Å². The van der Waals surface area contributed by atoms with Crippen LogP contribution in [0, 0.1) is 6.92 Å². The van der Waals surface area contributed by atoms with Gasteiger partial charge in [-0.2, -0.15) is 5.10 Å². The van der Waals surface area contributed by atoms with Crippen LogP contribution in [-0.4, -0.2) is 29.2 Å². The summed E-state index contributed by atoms with van der Waals surface area (Å²) in [5, 5.41) is 6.08. The minimum Gasteiger partial charge on any atom is -0.330 e. The Morgan fingerprint density at radius 3 is 2.67 bits per heavy atom. The molecular weight excluding hydrogens is 268 g/mol. The first-order valence-corrected chi connectivity index (χ1v) is 6.77. The number of hydrogen-bond acceptors (Lipinski definition) is 4. The van der Waals surface area contributed by atoms with E-state index in [-0.39, 0.29) is 17.2 Å². The summed E-state index contributed by atoms with van der Waals surface area (Å²) in [6.45, 7) is 2.94. The lowest BCUT2D eigenvalue weighted by molar-refractivity contribution is 0.0981. The summed E-state index contributed by atoms with van der Waals surface area (Å²) in [4.78, 5) is 25.3. The smallest absolute Gasteiger partial charge is 0.278 e. The summed E-state index contributed by atoms with van der Waals surface area (Å²) in [5.74, 6) is -0.256. The van der Waals surface area contributed by atoms with Gasteiger partial charge in [-0.3, -0.25) is 9.59 Å². The van der Waals surface area contributed by atoms with E-state index in [1.165, 1.54) is 12.1 Å². The summed E-state index contributed by atoms with van der Waals surface area (Å²) in [6, 6.07) is 10.3. The highest BCUT2D eigenvalue weighted by atomic mass is 16.2. The third-order valence-electron chi connectivity index (χ3n) is 3.14. The lowest BCUT2D eigenvalue weighted by Gasteiger charge is -2.23. The Balaban J connectivity index is 2.35. The number of carbonyl (C=O) groups is 1. The zero-order valence-corrected chi connectivity index (χ0v) is 11.9. The van der Waals surface area contributed by atoms with E-state index >= 15 is 0 Å². The van der Waals surface area contributed by atoms with Crippen molar-refractivity contribution in [2.24, 2.45) is 5.73 Å². The highest BCUT2D eigenvalue weighted by Crippen LogP contribution is 2.21. The molecule has 1 heterocycles. The lowest BCUT2D eigenvalue weighted by atomic mass is 10.1. The standard InChI is InChI=1S/C15H18N4O2/c1-11-5-2-3-6-13(11)19(10-4-9-16)15(21)12-7-8-14(20)18-17-12/h2-3,5-8H,4,9-10,16H2,1H3,(H,18,20). The van der Waals surface area contributed by atoms with Crippen LogP contribution in [0.4, 0.5) is 5.69 Å². The van der Waals surface area contributed by atoms with Gasteiger partial charge in [-0.1, -0.05) is 18.2 Å². The van der Waals surface area contributed by atoms with E-state index in [9.17, 15) is 9.59 Å². The molecule has 0 aliphatic heterocycles. The van der Waals surface area contributed by atoms with Crippen molar-refractivity contribution in [3.63, 3.8) is 0 Å². The fraction of sp³-hybridized carbons (Fsp3) is 0.267. The van der Waals surface area contributed by atoms with Crippen LogP contribution in [0.3, 0.4) is 0 Å². The first kappa shape index (κ1) is 14.9. The van der Waals surface area contributed by atoms with Gasteiger partial charge in [-0.15, -0.1) is 0 Å². The average molecular weight is 286 g/mol. The number of amides is 1. The number of nitrogens with two attached hydrogens (primary N) is 1. The van der Waals surface area contributed by atoms with Crippen molar-refractivity contribution in [1.29, 1.82) is 0 Å².